The first kappa shape index (κ1) is 19.7. The summed E-state index contributed by atoms with van der Waals surface area (Å²) in [4.78, 5) is 29.9. The van der Waals surface area contributed by atoms with Crippen molar-refractivity contribution in [2.45, 2.75) is 52.6 Å². The molecule has 0 radical (unpaired) electrons. The molecule has 1 amide bonds. The van der Waals surface area contributed by atoms with Gasteiger partial charge in [-0.15, -0.1) is 0 Å². The van der Waals surface area contributed by atoms with Crippen molar-refractivity contribution in [3.63, 3.8) is 0 Å². The van der Waals surface area contributed by atoms with Gasteiger partial charge in [0.2, 0.25) is 18.1 Å². The van der Waals surface area contributed by atoms with E-state index in [1.54, 1.807) is 4.90 Å². The third-order valence-corrected chi connectivity index (χ3v) is 4.35. The molecule has 1 unspecified atom stereocenters. The number of nitrogens with one attached hydrogen (secondary N) is 1. The number of aliphatic imine (C=N–C) groups is 1. The number of rotatable bonds is 5. The van der Waals surface area contributed by atoms with E-state index in [0.717, 1.165) is 24.8 Å². The van der Waals surface area contributed by atoms with Crippen molar-refractivity contribution in [3.05, 3.63) is 47.5 Å². The lowest BCUT2D eigenvalue weighted by molar-refractivity contribution is -0.123. The van der Waals surface area contributed by atoms with E-state index in [1.165, 1.54) is 5.57 Å². The predicted octanol–water partition coefficient (Wildman–Crippen LogP) is 3.20. The minimum absolute atomic E-state index is 0.140. The number of fused-ring (bicyclic) bond motifs is 1. The third kappa shape index (κ3) is 4.31. The Morgan fingerprint density at radius 1 is 1.35 bits per heavy atom. The highest BCUT2D eigenvalue weighted by Gasteiger charge is 2.32. The average molecular weight is 357 g/mol. The summed E-state index contributed by atoms with van der Waals surface area (Å²) in [6.07, 6.45) is 8.55. The van der Waals surface area contributed by atoms with E-state index >= 15 is 0 Å². The van der Waals surface area contributed by atoms with Crippen molar-refractivity contribution < 1.29 is 14.3 Å². The molecular formula is C20H27N3O3. The molecule has 2 heterocycles. The Morgan fingerprint density at radius 2 is 2.12 bits per heavy atom. The molecule has 1 saturated heterocycles. The zero-order valence-corrected chi connectivity index (χ0v) is 15.7. The topological polar surface area (TPSA) is 71.0 Å². The summed E-state index contributed by atoms with van der Waals surface area (Å²) >= 11 is 0. The standard InChI is InChI=1S/C18H21N3O3.C2H6/c1-12-5-7-14(8-6-12)16(23)17(19-11-22)21-10-15-4-3-9-24-18(15)20-13(21)2;1-2/h5,7,10-11,17H,2-4,6,8-9H2,1H3,(H,19,22);1-2H3. The SMILES string of the molecule is C=C1N=C2OCCCC2=CN1C(NC=O)C(=O)C1=CC=C(C)CC1.CC. The molecular weight excluding hydrogens is 330 g/mol. The van der Waals surface area contributed by atoms with Gasteiger partial charge in [0.1, 0.15) is 5.82 Å². The summed E-state index contributed by atoms with van der Waals surface area (Å²) in [5, 5.41) is 2.61. The smallest absolute Gasteiger partial charge is 0.219 e. The molecule has 0 aromatic carbocycles. The molecule has 26 heavy (non-hydrogen) atoms. The van der Waals surface area contributed by atoms with Crippen LogP contribution in [0.4, 0.5) is 0 Å². The van der Waals surface area contributed by atoms with Gasteiger partial charge in [0.15, 0.2) is 6.17 Å². The van der Waals surface area contributed by atoms with Crippen molar-refractivity contribution in [2.24, 2.45) is 4.99 Å². The van der Waals surface area contributed by atoms with E-state index in [4.69, 9.17) is 4.74 Å². The maximum atomic E-state index is 12.9. The van der Waals surface area contributed by atoms with Crippen molar-refractivity contribution in [2.75, 3.05) is 6.61 Å². The van der Waals surface area contributed by atoms with Crippen LogP contribution in [0.15, 0.2) is 52.5 Å². The molecule has 0 spiro atoms. The van der Waals surface area contributed by atoms with Crippen LogP contribution in [0.5, 0.6) is 0 Å². The summed E-state index contributed by atoms with van der Waals surface area (Å²) in [5.41, 5.74) is 2.86. The largest absolute Gasteiger partial charge is 0.477 e. The van der Waals surface area contributed by atoms with Crippen molar-refractivity contribution in [1.82, 2.24) is 10.2 Å². The molecule has 1 aliphatic carbocycles. The molecule has 0 aromatic heterocycles. The average Bonchev–Trinajstić information content (AvgIpc) is 2.67. The fourth-order valence-corrected chi connectivity index (χ4v) is 2.96. The predicted molar refractivity (Wildman–Crippen MR) is 102 cm³/mol. The highest BCUT2D eigenvalue weighted by atomic mass is 16.5. The number of Topliss-reactive ketones (excluding diaryl/α,β-unsaturated/α-hetero) is 1. The summed E-state index contributed by atoms with van der Waals surface area (Å²) in [5.74, 6) is 0.806. The molecule has 140 valence electrons. The van der Waals surface area contributed by atoms with Crippen LogP contribution < -0.4 is 5.32 Å². The van der Waals surface area contributed by atoms with Crippen LogP contribution in [0.3, 0.4) is 0 Å². The fraction of sp³-hybridized carbons (Fsp3) is 0.450. The van der Waals surface area contributed by atoms with E-state index < -0.39 is 6.17 Å². The van der Waals surface area contributed by atoms with Gasteiger partial charge in [-0.25, -0.2) is 0 Å². The Balaban J connectivity index is 0.00000117. The summed E-state index contributed by atoms with van der Waals surface area (Å²) in [6.45, 7) is 10.6. The molecule has 0 bridgehead atoms. The molecule has 0 aromatic rings. The van der Waals surface area contributed by atoms with Crippen molar-refractivity contribution >= 4 is 18.1 Å². The molecule has 6 heteroatoms. The van der Waals surface area contributed by atoms with Gasteiger partial charge in [0.05, 0.1) is 6.61 Å². The second kappa shape index (κ2) is 9.17. The van der Waals surface area contributed by atoms with Gasteiger partial charge in [-0.2, -0.15) is 4.99 Å². The van der Waals surface area contributed by atoms with Crippen LogP contribution in [0, 0.1) is 0 Å². The maximum Gasteiger partial charge on any atom is 0.219 e. The Labute approximate surface area is 155 Å². The monoisotopic (exact) mass is 357 g/mol. The lowest BCUT2D eigenvalue weighted by Crippen LogP contribution is -2.49. The van der Waals surface area contributed by atoms with Crippen molar-refractivity contribution in [1.29, 1.82) is 0 Å². The maximum absolute atomic E-state index is 12.9. The minimum Gasteiger partial charge on any atom is -0.477 e. The number of nitrogens with zero attached hydrogens (tertiary/aromatic N) is 2. The van der Waals surface area contributed by atoms with Gasteiger partial charge in [0.25, 0.3) is 0 Å². The zero-order valence-electron chi connectivity index (χ0n) is 15.7. The first-order valence-corrected chi connectivity index (χ1v) is 9.10. The zero-order chi connectivity index (χ0) is 19.1. The first-order chi connectivity index (χ1) is 12.6. The van der Waals surface area contributed by atoms with E-state index in [9.17, 15) is 9.59 Å². The number of carbonyl (C=O) groups excluding carboxylic acids is 2. The number of carbonyl (C=O) groups is 2. The highest BCUT2D eigenvalue weighted by Crippen LogP contribution is 2.27. The highest BCUT2D eigenvalue weighted by molar-refractivity contribution is 6.01. The van der Waals surface area contributed by atoms with Crippen LogP contribution in [-0.2, 0) is 14.3 Å². The van der Waals surface area contributed by atoms with E-state index in [-0.39, 0.29) is 5.78 Å². The second-order valence-corrected chi connectivity index (χ2v) is 6.10. The quantitative estimate of drug-likeness (QED) is 0.767. The molecule has 1 atom stereocenters. The van der Waals surface area contributed by atoms with Crippen molar-refractivity contribution in [3.8, 4) is 0 Å². The number of hydrogen-bond acceptors (Lipinski definition) is 5. The number of ether oxygens (including phenoxy) is 1. The Hall–Kier alpha value is -2.63. The summed E-state index contributed by atoms with van der Waals surface area (Å²) in [7, 11) is 0. The molecule has 6 nitrogen and oxygen atoms in total. The van der Waals surface area contributed by atoms with Crippen LogP contribution in [0.25, 0.3) is 0 Å². The first-order valence-electron chi connectivity index (χ1n) is 9.10. The van der Waals surface area contributed by atoms with E-state index in [0.29, 0.717) is 36.7 Å². The van der Waals surface area contributed by atoms with Gasteiger partial charge in [0, 0.05) is 11.8 Å². The fourth-order valence-electron chi connectivity index (χ4n) is 2.96. The minimum atomic E-state index is -0.840. The van der Waals surface area contributed by atoms with Crippen LogP contribution in [0.2, 0.25) is 0 Å². The van der Waals surface area contributed by atoms with Crippen LogP contribution in [0.1, 0.15) is 46.5 Å². The number of allylic oxidation sites excluding steroid dienone is 3. The summed E-state index contributed by atoms with van der Waals surface area (Å²) in [6, 6.07) is 0. The van der Waals surface area contributed by atoms with Gasteiger partial charge >= 0.3 is 0 Å². The van der Waals surface area contributed by atoms with Gasteiger partial charge in [-0.05, 0) is 38.2 Å². The number of ketones is 1. The Morgan fingerprint density at radius 3 is 2.77 bits per heavy atom. The van der Waals surface area contributed by atoms with Crippen LogP contribution in [-0.4, -0.2) is 35.8 Å². The lowest BCUT2D eigenvalue weighted by atomic mass is 9.95. The second-order valence-electron chi connectivity index (χ2n) is 6.10. The van der Waals surface area contributed by atoms with Gasteiger partial charge < -0.3 is 15.0 Å². The molecule has 0 saturated carbocycles. The molecule has 3 rings (SSSR count). The summed E-state index contributed by atoms with van der Waals surface area (Å²) < 4.78 is 5.53. The van der Waals surface area contributed by atoms with Crippen LogP contribution >= 0.6 is 0 Å². The normalized spacial score (nSPS) is 20.0. The lowest BCUT2D eigenvalue weighted by Gasteiger charge is -2.34. The van der Waals surface area contributed by atoms with E-state index in [2.05, 4.69) is 16.9 Å². The third-order valence-electron chi connectivity index (χ3n) is 4.35. The molecule has 1 N–H and O–H groups in total. The van der Waals surface area contributed by atoms with E-state index in [1.807, 2.05) is 39.1 Å². The Kier molecular flexibility index (Phi) is 6.95. The number of hydrogen-bond donors (Lipinski definition) is 1. The number of amides is 1. The Bertz CT molecular complexity index is 701. The van der Waals surface area contributed by atoms with Gasteiger partial charge in [-0.3, -0.25) is 9.59 Å². The molecule has 1 fully saturated rings. The van der Waals surface area contributed by atoms with Gasteiger partial charge in [-0.1, -0.05) is 38.2 Å². The molecule has 2 aliphatic heterocycles. The molecule has 3 aliphatic rings.